The van der Waals surface area contributed by atoms with Gasteiger partial charge in [0, 0.05) is 88.7 Å². The molecule has 9 aromatic carbocycles. The summed E-state index contributed by atoms with van der Waals surface area (Å²) < 4.78 is 11.7. The number of pyridine rings is 1. The summed E-state index contributed by atoms with van der Waals surface area (Å²) in [7, 11) is 0. The number of aromatic nitrogens is 3. The monoisotopic (exact) mass is 1140 g/mol. The van der Waals surface area contributed by atoms with E-state index < -0.39 is 0 Å². The van der Waals surface area contributed by atoms with Gasteiger partial charge in [-0.15, -0.1) is 42.7 Å². The predicted octanol–water partition coefficient (Wildman–Crippen LogP) is 17.3. The van der Waals surface area contributed by atoms with E-state index in [1.165, 1.54) is 49.7 Å². The molecule has 7 heteroatoms. The summed E-state index contributed by atoms with van der Waals surface area (Å²) in [6, 6.07) is 79.1. The molecule has 0 bridgehead atoms. The van der Waals surface area contributed by atoms with Crippen molar-refractivity contribution in [3.8, 4) is 45.3 Å². The summed E-state index contributed by atoms with van der Waals surface area (Å²) in [5.41, 5.74) is 17.7. The van der Waals surface area contributed by atoms with E-state index in [1.807, 2.05) is 12.3 Å². The van der Waals surface area contributed by atoms with Crippen molar-refractivity contribution in [2.45, 2.75) is 45.4 Å². The molecule has 14 rings (SSSR count). The van der Waals surface area contributed by atoms with Crippen LogP contribution in [-0.2, 0) is 31.9 Å². The van der Waals surface area contributed by atoms with Gasteiger partial charge in [-0.3, -0.25) is 0 Å². The number of anilines is 4. The average Bonchev–Trinajstić information content (AvgIpc) is 4.14. The van der Waals surface area contributed by atoms with Crippen LogP contribution in [0.2, 0.25) is 0 Å². The van der Waals surface area contributed by atoms with Crippen molar-refractivity contribution >= 4 is 66.4 Å². The van der Waals surface area contributed by atoms with Gasteiger partial charge in [0.2, 0.25) is 0 Å². The fourth-order valence-corrected chi connectivity index (χ4v) is 11.7. The predicted molar refractivity (Wildman–Crippen MR) is 300 cm³/mol. The summed E-state index contributed by atoms with van der Waals surface area (Å²) in [5, 5.41) is 4.54. The van der Waals surface area contributed by atoms with Crippen LogP contribution in [0.5, 0.6) is 11.5 Å². The van der Waals surface area contributed by atoms with Crippen molar-refractivity contribution in [2.24, 2.45) is 0 Å². The van der Waals surface area contributed by atoms with E-state index in [0.29, 0.717) is 11.5 Å². The molecule has 0 amide bonds. The Labute approximate surface area is 446 Å². The number of hydrogen-bond acceptors (Lipinski definition) is 4. The zero-order valence-corrected chi connectivity index (χ0v) is 43.9. The van der Waals surface area contributed by atoms with Gasteiger partial charge in [0.25, 0.3) is 0 Å². The molecule has 362 valence electrons. The van der Waals surface area contributed by atoms with E-state index >= 15 is 0 Å². The first-order chi connectivity index (χ1) is 35.6. The first kappa shape index (κ1) is 45.7. The van der Waals surface area contributed by atoms with Crippen LogP contribution in [0.25, 0.3) is 77.4 Å². The maximum Gasteiger partial charge on any atom is 0.135 e. The smallest absolute Gasteiger partial charge is 0.135 e. The molecular formula is C67H50N5OPt-3. The van der Waals surface area contributed by atoms with Crippen molar-refractivity contribution < 1.29 is 25.8 Å². The fourth-order valence-electron chi connectivity index (χ4n) is 11.7. The van der Waals surface area contributed by atoms with Gasteiger partial charge < -0.3 is 23.7 Å². The van der Waals surface area contributed by atoms with Crippen LogP contribution in [-0.4, -0.2) is 14.1 Å². The van der Waals surface area contributed by atoms with Gasteiger partial charge >= 0.3 is 0 Å². The van der Waals surface area contributed by atoms with Crippen molar-refractivity contribution in [3.05, 3.63) is 242 Å². The quantitative estimate of drug-likeness (QED) is 0.149. The van der Waals surface area contributed by atoms with Crippen molar-refractivity contribution in [2.75, 3.05) is 9.80 Å². The normalized spacial score (nSPS) is 13.6. The summed E-state index contributed by atoms with van der Waals surface area (Å²) in [4.78, 5) is 9.67. The van der Waals surface area contributed by atoms with E-state index in [0.717, 1.165) is 67.1 Å². The van der Waals surface area contributed by atoms with Crippen LogP contribution in [0.3, 0.4) is 0 Å². The Kier molecular flexibility index (Phi) is 10.6. The second-order valence-electron chi connectivity index (χ2n) is 20.9. The third-order valence-corrected chi connectivity index (χ3v) is 15.2. The standard InChI is InChI=1S/C67H50N5O.Pt/c1-66(2,3)44-36-37-68-62(38-44)72-57-31-16-12-27-52(57)64-60(71-55-29-14-10-24-49(55)50-25-11-15-30-56(50)71)40-47(41-61(64)72)73-46-23-19-22-45(39-46)69-42-70(59-33-18-17-32-58(59)69)65-48(43-20-7-6-8-21-43)34-35-54-63(65)51-26-9-13-28-53(51)67(54,4)5;/h6-38,40,42H,1-5H3;/q-3;. The number of benzene rings is 9. The third-order valence-electron chi connectivity index (χ3n) is 15.2. The minimum atomic E-state index is -0.170. The average molecular weight is 1140 g/mol. The molecule has 0 unspecified atom stereocenters. The molecule has 0 atom stereocenters. The number of fused-ring (bicyclic) bond motifs is 10. The summed E-state index contributed by atoms with van der Waals surface area (Å²) in [5.74, 6) is 1.96. The Morgan fingerprint density at radius 1 is 0.527 bits per heavy atom. The first-order valence-corrected chi connectivity index (χ1v) is 25.1. The first-order valence-electron chi connectivity index (χ1n) is 25.1. The van der Waals surface area contributed by atoms with Crippen LogP contribution in [0, 0.1) is 18.8 Å². The van der Waals surface area contributed by atoms with Gasteiger partial charge in [-0.05, 0) is 86.8 Å². The Balaban J connectivity index is 0.00000528. The van der Waals surface area contributed by atoms with E-state index in [4.69, 9.17) is 9.72 Å². The maximum absolute atomic E-state index is 7.10. The van der Waals surface area contributed by atoms with Crippen LogP contribution in [0.4, 0.5) is 22.7 Å². The Morgan fingerprint density at radius 3 is 1.89 bits per heavy atom. The number of nitrogens with zero attached hydrogens (tertiary/aromatic N) is 5. The molecule has 6 nitrogen and oxygen atoms in total. The molecule has 2 aliphatic rings. The SMILES string of the molecule is CC(C)(C)c1ccnc(-n2c3[c-]c(Oc4[c-]c(N5[CH-]N(c6c(-c7ccccc7)ccc7c6-c6ccccc6C7(C)C)c6ccccc65)ccc4)cc(-n4c5ccccc5c5ccccc54)c3c3ccccc32)c1.[Pt]. The van der Waals surface area contributed by atoms with Gasteiger partial charge in [0.05, 0.1) is 11.0 Å². The molecule has 74 heavy (non-hydrogen) atoms. The van der Waals surface area contributed by atoms with Crippen molar-refractivity contribution in [3.63, 3.8) is 0 Å². The van der Waals surface area contributed by atoms with Gasteiger partial charge in [0.15, 0.2) is 0 Å². The van der Waals surface area contributed by atoms with Gasteiger partial charge in [-0.2, -0.15) is 6.07 Å². The molecular weight excluding hydrogens is 1090 g/mol. The van der Waals surface area contributed by atoms with Crippen molar-refractivity contribution in [1.82, 2.24) is 14.1 Å². The van der Waals surface area contributed by atoms with Crippen LogP contribution >= 0.6 is 0 Å². The maximum atomic E-state index is 7.10. The number of rotatable bonds is 7. The largest absolute Gasteiger partial charge is 0.509 e. The molecule has 1 aliphatic carbocycles. The van der Waals surface area contributed by atoms with Crippen LogP contribution in [0.15, 0.2) is 206 Å². The number of ether oxygens (including phenoxy) is 1. The van der Waals surface area contributed by atoms with E-state index in [-0.39, 0.29) is 31.9 Å². The number of hydrogen-bond donors (Lipinski definition) is 0. The van der Waals surface area contributed by atoms with Crippen molar-refractivity contribution in [1.29, 1.82) is 0 Å². The van der Waals surface area contributed by atoms with E-state index in [1.54, 1.807) is 0 Å². The minimum absolute atomic E-state index is 0. The molecule has 0 radical (unpaired) electrons. The molecule has 1 aliphatic heterocycles. The summed E-state index contributed by atoms with van der Waals surface area (Å²) >= 11 is 0. The summed E-state index contributed by atoms with van der Waals surface area (Å²) in [6.45, 7) is 13.6. The van der Waals surface area contributed by atoms with Gasteiger partial charge in [-0.25, -0.2) is 4.98 Å². The molecule has 0 spiro atoms. The molecule has 12 aromatic rings. The second kappa shape index (κ2) is 17.2. The molecule has 4 heterocycles. The van der Waals surface area contributed by atoms with Gasteiger partial charge in [0.1, 0.15) is 5.82 Å². The van der Waals surface area contributed by atoms with Crippen LogP contribution < -0.4 is 14.5 Å². The van der Waals surface area contributed by atoms with E-state index in [9.17, 15) is 0 Å². The Hall–Kier alpha value is -8.18. The fraction of sp³-hybridized carbons (Fsp3) is 0.104. The minimum Gasteiger partial charge on any atom is -0.509 e. The Bertz CT molecular complexity index is 4150. The van der Waals surface area contributed by atoms with Crippen LogP contribution in [0.1, 0.15) is 51.3 Å². The molecule has 3 aromatic heterocycles. The number of para-hydroxylation sites is 5. The third kappa shape index (κ3) is 6.99. The summed E-state index contributed by atoms with van der Waals surface area (Å²) in [6.07, 6.45) is 1.92. The van der Waals surface area contributed by atoms with Gasteiger partial charge in [-0.1, -0.05) is 179 Å². The Morgan fingerprint density at radius 2 is 1.16 bits per heavy atom. The second-order valence-corrected chi connectivity index (χ2v) is 20.9. The zero-order chi connectivity index (χ0) is 49.2. The molecule has 0 saturated heterocycles. The zero-order valence-electron chi connectivity index (χ0n) is 41.7. The van der Waals surface area contributed by atoms with E-state index in [2.05, 4.69) is 266 Å². The topological polar surface area (TPSA) is 38.5 Å². The molecule has 0 N–H and O–H groups in total. The molecule has 0 fully saturated rings. The molecule has 0 saturated carbocycles.